The fourth-order valence-electron chi connectivity index (χ4n) is 1.77. The predicted octanol–water partition coefficient (Wildman–Crippen LogP) is 0.553. The summed E-state index contributed by atoms with van der Waals surface area (Å²) >= 11 is 0. The number of carbonyl (C=O) groups excluding carboxylic acids is 1. The molecular weight excluding hydrogens is 190 g/mol. The molecule has 13 heavy (non-hydrogen) atoms. The van der Waals surface area contributed by atoms with E-state index in [-0.39, 0.29) is 11.7 Å². The fourth-order valence-corrected chi connectivity index (χ4v) is 2.93. The van der Waals surface area contributed by atoms with Crippen LogP contribution in [-0.2, 0) is 14.8 Å². The zero-order valence-electron chi connectivity index (χ0n) is 7.45. The van der Waals surface area contributed by atoms with Crippen molar-refractivity contribution in [2.45, 2.75) is 32.1 Å². The van der Waals surface area contributed by atoms with Gasteiger partial charge >= 0.3 is 6.41 Å². The van der Waals surface area contributed by atoms with E-state index in [1.54, 1.807) is 4.72 Å². The molecule has 1 rings (SSSR count). The standard InChI is InChI=1S/C8H14NO3S/c10-7-9-13(11,12)6-8-4-2-1-3-5-8/h8H,1-6H2,(H,9,10). The zero-order valence-corrected chi connectivity index (χ0v) is 8.27. The summed E-state index contributed by atoms with van der Waals surface area (Å²) in [6, 6.07) is 0. The average Bonchev–Trinajstić information content (AvgIpc) is 2.04. The minimum atomic E-state index is -3.40. The quantitative estimate of drug-likeness (QED) is 0.680. The van der Waals surface area contributed by atoms with Gasteiger partial charge in [0.15, 0.2) is 0 Å². The third kappa shape index (κ3) is 3.76. The molecule has 0 spiro atoms. The van der Waals surface area contributed by atoms with Crippen molar-refractivity contribution in [1.29, 1.82) is 0 Å². The highest BCUT2D eigenvalue weighted by Gasteiger charge is 2.20. The van der Waals surface area contributed by atoms with E-state index in [1.807, 2.05) is 0 Å². The third-order valence-electron chi connectivity index (χ3n) is 2.38. The van der Waals surface area contributed by atoms with E-state index >= 15 is 0 Å². The molecule has 1 aliphatic rings. The smallest absolute Gasteiger partial charge is 0.263 e. The molecule has 1 saturated carbocycles. The summed E-state index contributed by atoms with van der Waals surface area (Å²) in [4.78, 5) is 9.85. The van der Waals surface area contributed by atoms with Crippen LogP contribution < -0.4 is 4.72 Å². The Hall–Kier alpha value is -0.580. The molecule has 0 aromatic carbocycles. The molecule has 0 aromatic heterocycles. The first-order chi connectivity index (χ1) is 6.14. The summed E-state index contributed by atoms with van der Waals surface area (Å²) in [6.45, 7) is 0. The SMILES string of the molecule is O=[C]NS(=O)(=O)CC1CCCCC1. The van der Waals surface area contributed by atoms with Crippen molar-refractivity contribution in [3.05, 3.63) is 0 Å². The highest BCUT2D eigenvalue weighted by atomic mass is 32.2. The summed E-state index contributed by atoms with van der Waals surface area (Å²) in [5.74, 6) is 0.294. The summed E-state index contributed by atoms with van der Waals surface area (Å²) in [6.07, 6.45) is 6.53. The molecule has 0 unspecified atom stereocenters. The van der Waals surface area contributed by atoms with Crippen LogP contribution in [0.5, 0.6) is 0 Å². The van der Waals surface area contributed by atoms with Crippen molar-refractivity contribution in [2.24, 2.45) is 5.92 Å². The number of nitrogens with one attached hydrogen (secondary N) is 1. The van der Waals surface area contributed by atoms with Gasteiger partial charge in [-0.1, -0.05) is 19.3 Å². The summed E-state index contributed by atoms with van der Waals surface area (Å²) in [5, 5.41) is 0. The van der Waals surface area contributed by atoms with Crippen molar-refractivity contribution in [3.63, 3.8) is 0 Å². The van der Waals surface area contributed by atoms with Crippen molar-refractivity contribution < 1.29 is 13.2 Å². The highest BCUT2D eigenvalue weighted by molar-refractivity contribution is 7.89. The number of sulfonamides is 1. The summed E-state index contributed by atoms with van der Waals surface area (Å²) in [5.41, 5.74) is 0. The minimum Gasteiger partial charge on any atom is -0.263 e. The molecular formula is C8H14NO3S. The topological polar surface area (TPSA) is 63.2 Å². The molecule has 1 aliphatic carbocycles. The van der Waals surface area contributed by atoms with Gasteiger partial charge in [0.25, 0.3) is 0 Å². The lowest BCUT2D eigenvalue weighted by Crippen LogP contribution is -2.29. The second-order valence-electron chi connectivity index (χ2n) is 3.49. The first kappa shape index (κ1) is 10.5. The van der Waals surface area contributed by atoms with Gasteiger partial charge in [-0.05, 0) is 18.8 Å². The van der Waals surface area contributed by atoms with E-state index in [2.05, 4.69) is 0 Å². The Balaban J connectivity index is 2.41. The second-order valence-corrected chi connectivity index (χ2v) is 5.26. The molecule has 0 aliphatic heterocycles. The van der Waals surface area contributed by atoms with Crippen LogP contribution in [0.1, 0.15) is 32.1 Å². The van der Waals surface area contributed by atoms with Gasteiger partial charge in [-0.15, -0.1) is 0 Å². The maximum absolute atomic E-state index is 11.1. The fraction of sp³-hybridized carbons (Fsp3) is 0.875. The molecule has 1 radical (unpaired) electrons. The molecule has 1 N–H and O–H groups in total. The van der Waals surface area contributed by atoms with Crippen molar-refractivity contribution in [1.82, 2.24) is 4.72 Å². The van der Waals surface area contributed by atoms with Crippen LogP contribution in [0, 0.1) is 5.92 Å². The first-order valence-electron chi connectivity index (χ1n) is 4.51. The van der Waals surface area contributed by atoms with E-state index in [1.165, 1.54) is 12.8 Å². The van der Waals surface area contributed by atoms with Crippen molar-refractivity contribution in [3.8, 4) is 0 Å². The number of amides is 1. The molecule has 0 bridgehead atoms. The maximum Gasteiger partial charge on any atom is 0.323 e. The summed E-state index contributed by atoms with van der Waals surface area (Å²) < 4.78 is 24.0. The predicted molar refractivity (Wildman–Crippen MR) is 49.2 cm³/mol. The summed E-state index contributed by atoms with van der Waals surface area (Å²) in [7, 11) is -3.40. The lowest BCUT2D eigenvalue weighted by molar-refractivity contribution is 0.384. The Kier molecular flexibility index (Phi) is 3.71. The molecule has 0 heterocycles. The van der Waals surface area contributed by atoms with Gasteiger partial charge in [0.05, 0.1) is 5.75 Å². The second kappa shape index (κ2) is 4.60. The Labute approximate surface area is 78.8 Å². The Morgan fingerprint density at radius 3 is 2.38 bits per heavy atom. The number of rotatable bonds is 4. The number of hydrogen-bond donors (Lipinski definition) is 1. The van der Waals surface area contributed by atoms with E-state index in [0.717, 1.165) is 25.7 Å². The molecule has 0 atom stereocenters. The molecule has 0 saturated heterocycles. The first-order valence-corrected chi connectivity index (χ1v) is 6.16. The molecule has 5 heteroatoms. The normalized spacial score (nSPS) is 19.7. The zero-order chi connectivity index (χ0) is 9.73. The van der Waals surface area contributed by atoms with Crippen LogP contribution in [-0.4, -0.2) is 20.6 Å². The van der Waals surface area contributed by atoms with Crippen molar-refractivity contribution >= 4 is 16.4 Å². The van der Waals surface area contributed by atoms with Gasteiger partial charge in [-0.2, -0.15) is 0 Å². The lowest BCUT2D eigenvalue weighted by atomic mass is 9.91. The minimum absolute atomic E-state index is 0.0717. The lowest BCUT2D eigenvalue weighted by Gasteiger charge is -2.20. The molecule has 1 fully saturated rings. The van der Waals surface area contributed by atoms with Crippen LogP contribution in [0.3, 0.4) is 0 Å². The maximum atomic E-state index is 11.1. The average molecular weight is 204 g/mol. The van der Waals surface area contributed by atoms with Gasteiger partial charge in [-0.3, -0.25) is 4.79 Å². The van der Waals surface area contributed by atoms with Gasteiger partial charge in [0.1, 0.15) is 0 Å². The van der Waals surface area contributed by atoms with E-state index in [0.29, 0.717) is 0 Å². The Morgan fingerprint density at radius 2 is 1.85 bits per heavy atom. The van der Waals surface area contributed by atoms with Crippen LogP contribution in [0.15, 0.2) is 0 Å². The monoisotopic (exact) mass is 204 g/mol. The van der Waals surface area contributed by atoms with E-state index in [4.69, 9.17) is 0 Å². The van der Waals surface area contributed by atoms with Crippen LogP contribution in [0.25, 0.3) is 0 Å². The van der Waals surface area contributed by atoms with Gasteiger partial charge in [0, 0.05) is 0 Å². The van der Waals surface area contributed by atoms with Crippen LogP contribution in [0.4, 0.5) is 0 Å². The molecule has 1 amide bonds. The number of hydrogen-bond acceptors (Lipinski definition) is 3. The largest absolute Gasteiger partial charge is 0.323 e. The van der Waals surface area contributed by atoms with Gasteiger partial charge < -0.3 is 0 Å². The Morgan fingerprint density at radius 1 is 1.23 bits per heavy atom. The van der Waals surface area contributed by atoms with Crippen LogP contribution >= 0.6 is 0 Å². The Bertz CT molecular complexity index is 255. The highest BCUT2D eigenvalue weighted by Crippen LogP contribution is 2.24. The van der Waals surface area contributed by atoms with Crippen LogP contribution in [0.2, 0.25) is 0 Å². The molecule has 75 valence electrons. The third-order valence-corrected chi connectivity index (χ3v) is 3.68. The molecule has 0 aromatic rings. The van der Waals surface area contributed by atoms with E-state index in [9.17, 15) is 13.2 Å². The molecule has 4 nitrogen and oxygen atoms in total. The van der Waals surface area contributed by atoms with E-state index < -0.39 is 10.0 Å². The van der Waals surface area contributed by atoms with Gasteiger partial charge in [-0.25, -0.2) is 13.1 Å². The van der Waals surface area contributed by atoms with Gasteiger partial charge in [0.2, 0.25) is 10.0 Å². The van der Waals surface area contributed by atoms with Crippen molar-refractivity contribution in [2.75, 3.05) is 5.75 Å².